The summed E-state index contributed by atoms with van der Waals surface area (Å²) in [6.07, 6.45) is 5.62. The van der Waals surface area contributed by atoms with Gasteiger partial charge in [-0.1, -0.05) is 33.1 Å². The molecule has 1 saturated carbocycles. The maximum Gasteiger partial charge on any atom is 0.337 e. The SMILES string of the molecule is CC(C)CC(CC(=O)NO)C(=O)N(CC(=O)O)C1CCCCC1.COC(=O)c1ccc(NC=O)cc1. The van der Waals surface area contributed by atoms with Crippen LogP contribution in [0.3, 0.4) is 0 Å². The number of hydrogen-bond acceptors (Lipinski definition) is 7. The Kier molecular flexibility index (Phi) is 13.8. The Morgan fingerprint density at radius 1 is 1.11 bits per heavy atom. The third kappa shape index (κ3) is 10.9. The average Bonchev–Trinajstić information content (AvgIpc) is 2.87. The monoisotopic (exact) mass is 507 g/mol. The van der Waals surface area contributed by atoms with E-state index >= 15 is 0 Å². The number of rotatable bonds is 11. The Hall–Kier alpha value is -3.47. The highest BCUT2D eigenvalue weighted by Crippen LogP contribution is 2.26. The number of carboxylic acid groups (broad SMARTS) is 1. The second-order valence-corrected chi connectivity index (χ2v) is 9.05. The Labute approximate surface area is 211 Å². The summed E-state index contributed by atoms with van der Waals surface area (Å²) >= 11 is 0. The molecule has 1 aliphatic carbocycles. The molecule has 36 heavy (non-hydrogen) atoms. The van der Waals surface area contributed by atoms with Gasteiger partial charge in [0.05, 0.1) is 12.7 Å². The highest BCUT2D eigenvalue weighted by atomic mass is 16.5. The summed E-state index contributed by atoms with van der Waals surface area (Å²) in [5, 5.41) is 20.3. The normalized spacial score (nSPS) is 14.0. The Morgan fingerprint density at radius 3 is 2.19 bits per heavy atom. The molecule has 1 aliphatic rings. The first-order valence-corrected chi connectivity index (χ1v) is 12.0. The van der Waals surface area contributed by atoms with Crippen LogP contribution in [0.2, 0.25) is 0 Å². The predicted octanol–water partition coefficient (Wildman–Crippen LogP) is 2.83. The van der Waals surface area contributed by atoms with Gasteiger partial charge in [0.1, 0.15) is 6.54 Å². The fourth-order valence-corrected chi connectivity index (χ4v) is 4.16. The van der Waals surface area contributed by atoms with Crippen LogP contribution in [0.25, 0.3) is 0 Å². The molecule has 0 spiro atoms. The molecule has 3 amide bonds. The average molecular weight is 508 g/mol. The molecule has 4 N–H and O–H groups in total. The molecule has 200 valence electrons. The van der Waals surface area contributed by atoms with Crippen LogP contribution < -0.4 is 10.8 Å². The van der Waals surface area contributed by atoms with E-state index in [1.807, 2.05) is 13.8 Å². The summed E-state index contributed by atoms with van der Waals surface area (Å²) in [5.74, 6) is -2.77. The number of methoxy groups -OCH3 is 1. The van der Waals surface area contributed by atoms with Crippen LogP contribution in [0.5, 0.6) is 0 Å². The van der Waals surface area contributed by atoms with Gasteiger partial charge in [-0.25, -0.2) is 10.3 Å². The zero-order chi connectivity index (χ0) is 27.1. The van der Waals surface area contributed by atoms with Crippen LogP contribution in [0.4, 0.5) is 5.69 Å². The number of hydrogen-bond donors (Lipinski definition) is 4. The first-order chi connectivity index (χ1) is 17.1. The summed E-state index contributed by atoms with van der Waals surface area (Å²) in [7, 11) is 1.32. The summed E-state index contributed by atoms with van der Waals surface area (Å²) in [5.41, 5.74) is 2.66. The van der Waals surface area contributed by atoms with Gasteiger partial charge in [0, 0.05) is 24.1 Å². The molecule has 2 rings (SSSR count). The van der Waals surface area contributed by atoms with E-state index in [4.69, 9.17) is 10.3 Å². The van der Waals surface area contributed by atoms with Crippen LogP contribution in [0.15, 0.2) is 24.3 Å². The number of aliphatic carboxylic acids is 1. The standard InChI is InChI=1S/C16H28N2O5.C9H9NO3/c1-11(2)8-12(9-14(19)17-23)16(22)18(10-15(20)21)13-6-4-3-5-7-13;1-13-9(12)7-2-4-8(5-3-7)10-6-11/h11-13,23H,3-10H2,1-2H3,(H,17,19)(H,20,21);2-6H,1H3,(H,10,11). The fraction of sp³-hybridized carbons (Fsp3) is 0.560. The van der Waals surface area contributed by atoms with Crippen molar-refractivity contribution in [3.05, 3.63) is 29.8 Å². The maximum atomic E-state index is 12.9. The smallest absolute Gasteiger partial charge is 0.337 e. The third-order valence-corrected chi connectivity index (χ3v) is 5.80. The van der Waals surface area contributed by atoms with Gasteiger partial charge in [-0.3, -0.25) is 24.4 Å². The molecule has 11 nitrogen and oxygen atoms in total. The lowest BCUT2D eigenvalue weighted by atomic mass is 9.89. The fourth-order valence-electron chi connectivity index (χ4n) is 4.16. The van der Waals surface area contributed by atoms with Gasteiger partial charge >= 0.3 is 11.9 Å². The second kappa shape index (κ2) is 16.2. The topological polar surface area (TPSA) is 162 Å². The molecule has 1 fully saturated rings. The van der Waals surface area contributed by atoms with Crippen molar-refractivity contribution in [3.63, 3.8) is 0 Å². The molecule has 11 heteroatoms. The molecule has 0 aromatic heterocycles. The zero-order valence-electron chi connectivity index (χ0n) is 21.1. The number of amides is 3. The minimum Gasteiger partial charge on any atom is -0.480 e. The minimum atomic E-state index is -1.04. The summed E-state index contributed by atoms with van der Waals surface area (Å²) in [6, 6.07) is 6.34. The first-order valence-electron chi connectivity index (χ1n) is 12.0. The van der Waals surface area contributed by atoms with Crippen molar-refractivity contribution in [2.45, 2.75) is 64.8 Å². The number of carbonyl (C=O) groups excluding carboxylic acids is 4. The minimum absolute atomic E-state index is 0.0702. The highest BCUT2D eigenvalue weighted by molar-refractivity contribution is 5.90. The van der Waals surface area contributed by atoms with E-state index in [2.05, 4.69) is 10.1 Å². The number of esters is 1. The second-order valence-electron chi connectivity index (χ2n) is 9.05. The lowest BCUT2D eigenvalue weighted by Gasteiger charge is -2.35. The van der Waals surface area contributed by atoms with E-state index in [0.29, 0.717) is 24.1 Å². The van der Waals surface area contributed by atoms with Crippen LogP contribution >= 0.6 is 0 Å². The quantitative estimate of drug-likeness (QED) is 0.154. The maximum absolute atomic E-state index is 12.9. The molecule has 1 aromatic rings. The van der Waals surface area contributed by atoms with Gasteiger partial charge in [-0.05, 0) is 49.4 Å². The summed E-state index contributed by atoms with van der Waals surface area (Å²) in [4.78, 5) is 58.0. The number of carboxylic acids is 1. The lowest BCUT2D eigenvalue weighted by Crippen LogP contribution is -2.48. The van der Waals surface area contributed by atoms with Gasteiger partial charge in [0.2, 0.25) is 18.2 Å². The third-order valence-electron chi connectivity index (χ3n) is 5.80. The Bertz CT molecular complexity index is 867. The number of benzene rings is 1. The van der Waals surface area contributed by atoms with E-state index in [-0.39, 0.29) is 30.8 Å². The van der Waals surface area contributed by atoms with Gasteiger partial charge in [-0.15, -0.1) is 0 Å². The molecule has 0 bridgehead atoms. The van der Waals surface area contributed by atoms with Crippen molar-refractivity contribution >= 4 is 35.9 Å². The molecular formula is C25H37N3O8. The molecule has 0 aliphatic heterocycles. The molecule has 1 aromatic carbocycles. The van der Waals surface area contributed by atoms with E-state index < -0.39 is 23.8 Å². The zero-order valence-corrected chi connectivity index (χ0v) is 21.1. The number of anilines is 1. The molecule has 1 atom stereocenters. The van der Waals surface area contributed by atoms with Crippen molar-refractivity contribution in [3.8, 4) is 0 Å². The Morgan fingerprint density at radius 2 is 1.72 bits per heavy atom. The van der Waals surface area contributed by atoms with Gasteiger partial charge in [0.25, 0.3) is 0 Å². The molecule has 0 radical (unpaired) electrons. The van der Waals surface area contributed by atoms with E-state index in [0.717, 1.165) is 32.1 Å². The van der Waals surface area contributed by atoms with Crippen molar-refractivity contribution in [1.82, 2.24) is 10.4 Å². The summed E-state index contributed by atoms with van der Waals surface area (Å²) < 4.78 is 4.51. The van der Waals surface area contributed by atoms with Crippen molar-refractivity contribution in [2.24, 2.45) is 11.8 Å². The molecular weight excluding hydrogens is 470 g/mol. The van der Waals surface area contributed by atoms with Gasteiger partial charge < -0.3 is 20.1 Å². The molecule has 0 heterocycles. The van der Waals surface area contributed by atoms with E-state index in [9.17, 15) is 24.0 Å². The summed E-state index contributed by atoms with van der Waals surface area (Å²) in [6.45, 7) is 3.55. The predicted molar refractivity (Wildman–Crippen MR) is 131 cm³/mol. The van der Waals surface area contributed by atoms with Gasteiger partial charge in [-0.2, -0.15) is 0 Å². The van der Waals surface area contributed by atoms with Crippen LogP contribution in [0.1, 0.15) is 69.2 Å². The highest BCUT2D eigenvalue weighted by Gasteiger charge is 2.33. The van der Waals surface area contributed by atoms with Crippen LogP contribution in [-0.2, 0) is 23.9 Å². The number of nitrogens with one attached hydrogen (secondary N) is 2. The van der Waals surface area contributed by atoms with Crippen molar-refractivity contribution in [1.29, 1.82) is 0 Å². The van der Waals surface area contributed by atoms with Crippen molar-refractivity contribution < 1.29 is 39.0 Å². The van der Waals surface area contributed by atoms with E-state index in [1.165, 1.54) is 12.0 Å². The number of nitrogens with zero attached hydrogens (tertiary/aromatic N) is 1. The first kappa shape index (κ1) is 30.6. The lowest BCUT2D eigenvalue weighted by molar-refractivity contribution is -0.150. The van der Waals surface area contributed by atoms with E-state index in [1.54, 1.807) is 29.7 Å². The number of hydroxylamine groups is 1. The van der Waals surface area contributed by atoms with Gasteiger partial charge in [0.15, 0.2) is 0 Å². The van der Waals surface area contributed by atoms with Crippen LogP contribution in [0, 0.1) is 11.8 Å². The largest absolute Gasteiger partial charge is 0.480 e. The molecule has 0 saturated heterocycles. The number of ether oxygens (including phenoxy) is 1. The number of carbonyl (C=O) groups is 5. The van der Waals surface area contributed by atoms with Crippen LogP contribution in [-0.4, -0.2) is 65.1 Å². The molecule has 1 unspecified atom stereocenters. The Balaban J connectivity index is 0.000000420. The van der Waals surface area contributed by atoms with Crippen molar-refractivity contribution in [2.75, 3.05) is 19.0 Å².